The Hall–Kier alpha value is -2.08. The number of ether oxygens (including phenoxy) is 6. The van der Waals surface area contributed by atoms with Crippen LogP contribution in [0.25, 0.3) is 0 Å². The third-order valence-corrected chi connectivity index (χ3v) is 8.22. The molecule has 0 bridgehead atoms. The summed E-state index contributed by atoms with van der Waals surface area (Å²) >= 11 is 0. The summed E-state index contributed by atoms with van der Waals surface area (Å²) < 4.78 is 35.3. The molecule has 0 aliphatic heterocycles. The van der Waals surface area contributed by atoms with E-state index in [1.165, 1.54) is 12.1 Å². The van der Waals surface area contributed by atoms with Gasteiger partial charge in [0.25, 0.3) is 0 Å². The minimum absolute atomic E-state index is 0.0520. The first-order chi connectivity index (χ1) is 22.3. The maximum absolute atomic E-state index is 12.1. The van der Waals surface area contributed by atoms with E-state index in [0.717, 1.165) is 51.4 Å². The fourth-order valence-electron chi connectivity index (χ4n) is 5.32. The number of hydrogen-bond acceptors (Lipinski definition) is 8. The molecule has 1 aromatic rings. The molecule has 0 saturated carbocycles. The quantitative estimate of drug-likeness (QED) is 0.0640. The third-order valence-electron chi connectivity index (χ3n) is 8.22. The summed E-state index contributed by atoms with van der Waals surface area (Å²) in [7, 11) is 0. The van der Waals surface area contributed by atoms with Crippen molar-refractivity contribution in [3.8, 4) is 0 Å². The van der Waals surface area contributed by atoms with E-state index in [-0.39, 0.29) is 50.4 Å². The van der Waals surface area contributed by atoms with E-state index < -0.39 is 24.5 Å². The zero-order valence-electron chi connectivity index (χ0n) is 29.4. The second-order valence-electron chi connectivity index (χ2n) is 11.6. The number of carbonyl (C=O) groups is 2. The summed E-state index contributed by atoms with van der Waals surface area (Å²) in [5.41, 5.74) is 0.955. The highest BCUT2D eigenvalue weighted by Crippen LogP contribution is 2.23. The van der Waals surface area contributed by atoms with Crippen LogP contribution in [0.1, 0.15) is 125 Å². The molecule has 0 heterocycles. The van der Waals surface area contributed by atoms with Gasteiger partial charge in [0, 0.05) is 13.2 Å². The monoisotopic (exact) mass is 654 g/mol. The van der Waals surface area contributed by atoms with Crippen molar-refractivity contribution in [2.75, 3.05) is 52.9 Å². The van der Waals surface area contributed by atoms with Crippen LogP contribution in [0.15, 0.2) is 12.1 Å². The van der Waals surface area contributed by atoms with Crippen LogP contribution in [0, 0.1) is 11.8 Å². The van der Waals surface area contributed by atoms with Gasteiger partial charge < -0.3 is 38.6 Å². The van der Waals surface area contributed by atoms with Crippen molar-refractivity contribution in [3.05, 3.63) is 34.4 Å². The summed E-state index contributed by atoms with van der Waals surface area (Å²) in [6, 6.07) is 2.70. The van der Waals surface area contributed by atoms with Gasteiger partial charge in [-0.3, -0.25) is 0 Å². The van der Waals surface area contributed by atoms with E-state index in [1.807, 2.05) is 13.8 Å². The molecule has 0 aliphatic carbocycles. The van der Waals surface area contributed by atoms with Crippen molar-refractivity contribution >= 4 is 11.9 Å². The van der Waals surface area contributed by atoms with Gasteiger partial charge in [-0.05, 0) is 74.6 Å². The van der Waals surface area contributed by atoms with Crippen LogP contribution in [0.2, 0.25) is 0 Å². The predicted octanol–water partition coefficient (Wildman–Crippen LogP) is 7.39. The van der Waals surface area contributed by atoms with Crippen molar-refractivity contribution in [2.45, 2.75) is 118 Å². The number of aromatic carboxylic acids is 2. The van der Waals surface area contributed by atoms with Crippen molar-refractivity contribution in [1.29, 1.82) is 0 Å². The van der Waals surface area contributed by atoms with Crippen LogP contribution >= 0.6 is 0 Å². The average Bonchev–Trinajstić information content (AvgIpc) is 3.04. The SMILES string of the molecule is CCCCC(CC)COC(COCCc1c(C(=O)O)ccc(C(=O)O)c1CCOCC(OCC)OCC(CC)CCCC)OCC. The zero-order chi connectivity index (χ0) is 34.2. The molecule has 4 unspecified atom stereocenters. The van der Waals surface area contributed by atoms with Gasteiger partial charge in [0.1, 0.15) is 0 Å². The van der Waals surface area contributed by atoms with Crippen molar-refractivity contribution in [1.82, 2.24) is 0 Å². The lowest BCUT2D eigenvalue weighted by atomic mass is 9.92. The summed E-state index contributed by atoms with van der Waals surface area (Å²) in [6.07, 6.45) is 8.24. The zero-order valence-corrected chi connectivity index (χ0v) is 29.4. The van der Waals surface area contributed by atoms with Gasteiger partial charge in [0.05, 0.1) is 50.8 Å². The molecule has 0 aliphatic rings. The van der Waals surface area contributed by atoms with Crippen LogP contribution in [-0.4, -0.2) is 87.6 Å². The number of carboxylic acids is 2. The highest BCUT2D eigenvalue weighted by molar-refractivity contribution is 5.95. The molecule has 46 heavy (non-hydrogen) atoms. The van der Waals surface area contributed by atoms with Crippen LogP contribution in [0.4, 0.5) is 0 Å². The molecular weight excluding hydrogens is 592 g/mol. The van der Waals surface area contributed by atoms with Gasteiger partial charge in [0.2, 0.25) is 0 Å². The van der Waals surface area contributed by atoms with Crippen LogP contribution in [0.5, 0.6) is 0 Å². The van der Waals surface area contributed by atoms with Crippen molar-refractivity contribution in [2.24, 2.45) is 11.8 Å². The minimum atomic E-state index is -1.12. The summed E-state index contributed by atoms with van der Waals surface area (Å²) in [5, 5.41) is 19.9. The Kier molecular flexibility index (Phi) is 23.7. The van der Waals surface area contributed by atoms with E-state index in [0.29, 0.717) is 49.4 Å². The van der Waals surface area contributed by atoms with E-state index in [9.17, 15) is 19.8 Å². The van der Waals surface area contributed by atoms with Gasteiger partial charge in [-0.15, -0.1) is 0 Å². The number of rotatable bonds is 30. The van der Waals surface area contributed by atoms with Crippen molar-refractivity contribution in [3.63, 3.8) is 0 Å². The molecule has 0 saturated heterocycles. The van der Waals surface area contributed by atoms with Crippen molar-refractivity contribution < 1.29 is 48.2 Å². The molecule has 0 fully saturated rings. The Morgan fingerprint density at radius 3 is 1.30 bits per heavy atom. The van der Waals surface area contributed by atoms with Crippen LogP contribution < -0.4 is 0 Å². The molecule has 4 atom stereocenters. The summed E-state index contributed by atoms with van der Waals surface area (Å²) in [4.78, 5) is 24.3. The van der Waals surface area contributed by atoms with Crippen LogP contribution in [0.3, 0.4) is 0 Å². The predicted molar refractivity (Wildman–Crippen MR) is 179 cm³/mol. The van der Waals surface area contributed by atoms with E-state index in [2.05, 4.69) is 27.7 Å². The molecule has 0 spiro atoms. The lowest BCUT2D eigenvalue weighted by Crippen LogP contribution is -2.27. The highest BCUT2D eigenvalue weighted by atomic mass is 16.7. The van der Waals surface area contributed by atoms with Gasteiger partial charge >= 0.3 is 11.9 Å². The maximum atomic E-state index is 12.1. The first-order valence-corrected chi connectivity index (χ1v) is 17.5. The fraction of sp³-hybridized carbons (Fsp3) is 0.778. The molecule has 0 amide bonds. The Bertz CT molecular complexity index is 878. The van der Waals surface area contributed by atoms with Crippen LogP contribution in [-0.2, 0) is 41.3 Å². The lowest BCUT2D eigenvalue weighted by Gasteiger charge is -2.22. The fourth-order valence-corrected chi connectivity index (χ4v) is 5.32. The maximum Gasteiger partial charge on any atom is 0.335 e. The van der Waals surface area contributed by atoms with E-state index in [1.54, 1.807) is 0 Å². The second-order valence-corrected chi connectivity index (χ2v) is 11.6. The standard InChI is InChI=1S/C36H62O10/c1-7-13-15-27(9-3)23-45-33(43-11-5)25-41-21-19-29-30(32(36(39)40)18-17-31(29)35(37)38)20-22-42-26-34(44-12-6)46-24-28(10-4)16-14-8-2/h17-18,27-28,33-34H,7-16,19-26H2,1-6H3,(H,37,38)(H,39,40). The number of benzene rings is 1. The number of unbranched alkanes of at least 4 members (excludes halogenated alkanes) is 2. The molecular formula is C36H62O10. The molecule has 10 nitrogen and oxygen atoms in total. The van der Waals surface area contributed by atoms with Gasteiger partial charge in [-0.25, -0.2) is 9.59 Å². The minimum Gasteiger partial charge on any atom is -0.478 e. The Morgan fingerprint density at radius 1 is 0.609 bits per heavy atom. The topological polar surface area (TPSA) is 130 Å². The molecule has 0 radical (unpaired) electrons. The highest BCUT2D eigenvalue weighted by Gasteiger charge is 2.22. The Morgan fingerprint density at radius 2 is 1.00 bits per heavy atom. The smallest absolute Gasteiger partial charge is 0.335 e. The largest absolute Gasteiger partial charge is 0.478 e. The number of hydrogen-bond donors (Lipinski definition) is 2. The first-order valence-electron chi connectivity index (χ1n) is 17.5. The Balaban J connectivity index is 2.89. The molecule has 1 rings (SSSR count). The normalized spacial score (nSPS) is 14.2. The average molecular weight is 655 g/mol. The van der Waals surface area contributed by atoms with Gasteiger partial charge in [0.15, 0.2) is 12.6 Å². The Labute approximate surface area is 277 Å². The molecule has 2 N–H and O–H groups in total. The summed E-state index contributed by atoms with van der Waals surface area (Å²) in [6.45, 7) is 15.3. The van der Waals surface area contributed by atoms with Gasteiger partial charge in [-0.1, -0.05) is 66.2 Å². The first kappa shape index (κ1) is 41.9. The molecule has 266 valence electrons. The second kappa shape index (κ2) is 25.9. The van der Waals surface area contributed by atoms with E-state index in [4.69, 9.17) is 28.4 Å². The van der Waals surface area contributed by atoms with E-state index >= 15 is 0 Å². The van der Waals surface area contributed by atoms with Gasteiger partial charge in [-0.2, -0.15) is 0 Å². The third kappa shape index (κ3) is 16.7. The molecule has 0 aromatic heterocycles. The molecule has 1 aromatic carbocycles. The summed E-state index contributed by atoms with van der Waals surface area (Å²) in [5.74, 6) is -1.33. The number of carboxylic acid groups (broad SMARTS) is 2. The molecule has 10 heteroatoms. The lowest BCUT2D eigenvalue weighted by molar-refractivity contribution is -0.176.